The van der Waals surface area contributed by atoms with Crippen LogP contribution in [0.4, 0.5) is 0 Å². The Labute approximate surface area is 158 Å². The lowest BCUT2D eigenvalue weighted by Gasteiger charge is -2.37. The third-order valence-corrected chi connectivity index (χ3v) is 6.82. The van der Waals surface area contributed by atoms with Crippen LogP contribution in [-0.4, -0.2) is 30.7 Å². The molecule has 2 aliphatic carbocycles. The van der Waals surface area contributed by atoms with Crippen LogP contribution in [0.25, 0.3) is 0 Å². The summed E-state index contributed by atoms with van der Waals surface area (Å²) in [5, 5.41) is 9.70. The normalized spacial score (nSPS) is 38.8. The summed E-state index contributed by atoms with van der Waals surface area (Å²) in [7, 11) is 0. The summed E-state index contributed by atoms with van der Waals surface area (Å²) < 4.78 is 11.8. The summed E-state index contributed by atoms with van der Waals surface area (Å²) in [6.45, 7) is 3.89. The Bertz CT molecular complexity index is 545. The minimum atomic E-state index is -0.0685. The van der Waals surface area contributed by atoms with Gasteiger partial charge in [0.05, 0.1) is 19.3 Å². The Morgan fingerprint density at radius 1 is 0.731 bits per heavy atom. The number of aliphatic hydroxyl groups excluding tert-OH is 1. The molecule has 3 aliphatic rings. The van der Waals surface area contributed by atoms with Gasteiger partial charge in [-0.1, -0.05) is 31.2 Å². The lowest BCUT2D eigenvalue weighted by atomic mass is 9.77. The second-order valence-electron chi connectivity index (χ2n) is 8.92. The van der Waals surface area contributed by atoms with Gasteiger partial charge in [0.25, 0.3) is 0 Å². The van der Waals surface area contributed by atoms with Crippen molar-refractivity contribution in [1.82, 2.24) is 0 Å². The number of ether oxygens (including phenoxy) is 2. The van der Waals surface area contributed by atoms with Crippen molar-refractivity contribution in [2.24, 2.45) is 11.8 Å². The molecule has 3 fully saturated rings. The molecular weight excluding hydrogens is 324 g/mol. The van der Waals surface area contributed by atoms with E-state index in [-0.39, 0.29) is 12.4 Å². The maximum Gasteiger partial charge on any atom is 0.160 e. The highest BCUT2D eigenvalue weighted by Crippen LogP contribution is 2.40. The fourth-order valence-corrected chi connectivity index (χ4v) is 5.06. The van der Waals surface area contributed by atoms with Crippen LogP contribution in [0.15, 0.2) is 24.3 Å². The molecule has 0 unspecified atom stereocenters. The second kappa shape index (κ2) is 8.41. The van der Waals surface area contributed by atoms with E-state index in [0.29, 0.717) is 23.7 Å². The fourth-order valence-electron chi connectivity index (χ4n) is 5.06. The minimum Gasteiger partial charge on any atom is -0.393 e. The van der Waals surface area contributed by atoms with Crippen LogP contribution >= 0.6 is 0 Å². The van der Waals surface area contributed by atoms with Gasteiger partial charge in [0, 0.05) is 11.8 Å². The van der Waals surface area contributed by atoms with E-state index in [1.54, 1.807) is 0 Å². The van der Waals surface area contributed by atoms with Gasteiger partial charge in [-0.25, -0.2) is 0 Å². The number of aliphatic hydroxyl groups is 1. The number of hydrogen-bond acceptors (Lipinski definition) is 3. The molecule has 3 nitrogen and oxygen atoms in total. The van der Waals surface area contributed by atoms with Gasteiger partial charge in [-0.15, -0.1) is 0 Å². The topological polar surface area (TPSA) is 38.7 Å². The summed E-state index contributed by atoms with van der Waals surface area (Å²) >= 11 is 0. The summed E-state index contributed by atoms with van der Waals surface area (Å²) in [4.78, 5) is 0. The van der Waals surface area contributed by atoms with Gasteiger partial charge in [0.15, 0.2) is 6.29 Å². The van der Waals surface area contributed by atoms with Crippen LogP contribution in [0.3, 0.4) is 0 Å². The van der Waals surface area contributed by atoms with Crippen molar-refractivity contribution < 1.29 is 14.6 Å². The molecule has 1 aromatic carbocycles. The van der Waals surface area contributed by atoms with Crippen LogP contribution in [0.2, 0.25) is 0 Å². The summed E-state index contributed by atoms with van der Waals surface area (Å²) in [6.07, 6.45) is 9.07. The van der Waals surface area contributed by atoms with Gasteiger partial charge in [-0.3, -0.25) is 0 Å². The number of rotatable bonds is 3. The maximum absolute atomic E-state index is 9.70. The molecule has 1 saturated heterocycles. The van der Waals surface area contributed by atoms with E-state index in [0.717, 1.165) is 38.9 Å². The Hall–Kier alpha value is -0.900. The quantitative estimate of drug-likeness (QED) is 0.827. The van der Waals surface area contributed by atoms with E-state index in [2.05, 4.69) is 31.2 Å². The Morgan fingerprint density at radius 2 is 1.19 bits per heavy atom. The zero-order chi connectivity index (χ0) is 17.9. The van der Waals surface area contributed by atoms with Gasteiger partial charge in [-0.05, 0) is 74.3 Å². The summed E-state index contributed by atoms with van der Waals surface area (Å²) in [5.74, 6) is 2.45. The SMILES string of the molecule is CC1COC(C2CCC(c3ccc(C4CCC(O)CC4)cc3)CC2)OC1. The van der Waals surface area contributed by atoms with Gasteiger partial charge >= 0.3 is 0 Å². The van der Waals surface area contributed by atoms with E-state index >= 15 is 0 Å². The van der Waals surface area contributed by atoms with Crippen LogP contribution in [0.5, 0.6) is 0 Å². The van der Waals surface area contributed by atoms with E-state index in [1.807, 2.05) is 0 Å². The molecule has 0 spiro atoms. The molecule has 1 aliphatic heterocycles. The third kappa shape index (κ3) is 4.32. The van der Waals surface area contributed by atoms with E-state index in [9.17, 15) is 5.11 Å². The predicted molar refractivity (Wildman–Crippen MR) is 103 cm³/mol. The first-order chi connectivity index (χ1) is 12.7. The molecule has 1 aromatic rings. The van der Waals surface area contributed by atoms with Crippen molar-refractivity contribution in [2.45, 2.75) is 82.5 Å². The highest BCUT2D eigenvalue weighted by atomic mass is 16.7. The number of benzene rings is 1. The van der Waals surface area contributed by atoms with Crippen molar-refractivity contribution >= 4 is 0 Å². The number of hydrogen-bond donors (Lipinski definition) is 1. The van der Waals surface area contributed by atoms with Gasteiger partial charge < -0.3 is 14.6 Å². The molecule has 1 N–H and O–H groups in total. The molecule has 26 heavy (non-hydrogen) atoms. The highest BCUT2D eigenvalue weighted by molar-refractivity contribution is 5.28. The van der Waals surface area contributed by atoms with Gasteiger partial charge in [-0.2, -0.15) is 0 Å². The van der Waals surface area contributed by atoms with Gasteiger partial charge in [0.2, 0.25) is 0 Å². The molecule has 1 heterocycles. The van der Waals surface area contributed by atoms with E-state index < -0.39 is 0 Å². The van der Waals surface area contributed by atoms with Crippen LogP contribution in [0, 0.1) is 11.8 Å². The first-order valence-electron chi connectivity index (χ1n) is 10.7. The van der Waals surface area contributed by atoms with Crippen LogP contribution in [0.1, 0.15) is 81.3 Å². The lowest BCUT2D eigenvalue weighted by Crippen LogP contribution is -2.37. The summed E-state index contributed by atoms with van der Waals surface area (Å²) in [5.41, 5.74) is 2.97. The molecular formula is C23H34O3. The lowest BCUT2D eigenvalue weighted by molar-refractivity contribution is -0.226. The Morgan fingerprint density at radius 3 is 1.69 bits per heavy atom. The molecule has 0 radical (unpaired) electrons. The molecule has 0 aromatic heterocycles. The van der Waals surface area contributed by atoms with Crippen molar-refractivity contribution in [3.8, 4) is 0 Å². The Balaban J connectivity index is 1.29. The molecule has 0 amide bonds. The van der Waals surface area contributed by atoms with Crippen LogP contribution < -0.4 is 0 Å². The maximum atomic E-state index is 9.70. The standard InChI is InChI=1S/C23H34O3/c1-16-14-25-23(26-15-16)21-8-6-19(7-9-21)17-2-4-18(5-3-17)20-10-12-22(24)13-11-20/h2-5,16,19-24H,6-15H2,1H3. The predicted octanol–water partition coefficient (Wildman–Crippen LogP) is 4.99. The smallest absolute Gasteiger partial charge is 0.160 e. The van der Waals surface area contributed by atoms with Crippen molar-refractivity contribution in [3.05, 3.63) is 35.4 Å². The average Bonchev–Trinajstić information content (AvgIpc) is 2.70. The molecule has 3 heteroatoms. The molecule has 144 valence electrons. The van der Waals surface area contributed by atoms with Crippen LogP contribution in [-0.2, 0) is 9.47 Å². The highest BCUT2D eigenvalue weighted by Gasteiger charge is 2.32. The fraction of sp³-hybridized carbons (Fsp3) is 0.739. The molecule has 0 bridgehead atoms. The van der Waals surface area contributed by atoms with Crippen molar-refractivity contribution in [1.29, 1.82) is 0 Å². The Kier molecular flexibility index (Phi) is 5.97. The van der Waals surface area contributed by atoms with E-state index in [4.69, 9.17) is 9.47 Å². The van der Waals surface area contributed by atoms with Gasteiger partial charge in [0.1, 0.15) is 0 Å². The first kappa shape index (κ1) is 18.5. The minimum absolute atomic E-state index is 0.0381. The third-order valence-electron chi connectivity index (χ3n) is 6.82. The molecule has 0 atom stereocenters. The zero-order valence-electron chi connectivity index (χ0n) is 16.1. The molecule has 4 rings (SSSR count). The average molecular weight is 359 g/mol. The zero-order valence-corrected chi connectivity index (χ0v) is 16.1. The first-order valence-corrected chi connectivity index (χ1v) is 10.7. The second-order valence-corrected chi connectivity index (χ2v) is 8.92. The molecule has 2 saturated carbocycles. The van der Waals surface area contributed by atoms with Crippen molar-refractivity contribution in [3.63, 3.8) is 0 Å². The summed E-state index contributed by atoms with van der Waals surface area (Å²) in [6, 6.07) is 9.42. The monoisotopic (exact) mass is 358 g/mol. The largest absolute Gasteiger partial charge is 0.393 e. The van der Waals surface area contributed by atoms with E-state index in [1.165, 1.54) is 36.8 Å². The van der Waals surface area contributed by atoms with Crippen molar-refractivity contribution in [2.75, 3.05) is 13.2 Å².